The van der Waals surface area contributed by atoms with Crippen molar-refractivity contribution in [2.75, 3.05) is 5.32 Å². The molecule has 6 heteroatoms. The molecule has 0 bridgehead atoms. The monoisotopic (exact) mass is 309 g/mol. The molecule has 4 aromatic rings. The van der Waals surface area contributed by atoms with Crippen LogP contribution >= 0.6 is 0 Å². The Morgan fingerprint density at radius 3 is 2.96 bits per heavy atom. The molecule has 0 spiro atoms. The average Bonchev–Trinajstić information content (AvgIpc) is 3.08. The molecule has 0 aliphatic carbocycles. The lowest BCUT2D eigenvalue weighted by Gasteiger charge is -1.99. The zero-order valence-corrected chi connectivity index (χ0v) is 12.2. The number of hydrogen-bond acceptors (Lipinski definition) is 3. The number of carbonyl (C=O) groups excluding carboxylic acids is 1. The maximum Gasteiger partial charge on any atom is 0.302 e. The van der Waals surface area contributed by atoms with Gasteiger partial charge in [-0.05, 0) is 35.9 Å². The largest absolute Gasteiger partial charge is 0.423 e. The van der Waals surface area contributed by atoms with Crippen LogP contribution in [0.1, 0.15) is 6.92 Å². The predicted octanol–water partition coefficient (Wildman–Crippen LogP) is 4.07. The molecule has 2 heterocycles. The quantitative estimate of drug-likeness (QED) is 0.586. The van der Waals surface area contributed by atoms with Gasteiger partial charge >= 0.3 is 6.01 Å². The van der Waals surface area contributed by atoms with E-state index in [9.17, 15) is 9.18 Å². The maximum atomic E-state index is 13.3. The molecule has 1 amide bonds. The molecule has 0 radical (unpaired) electrons. The van der Waals surface area contributed by atoms with Gasteiger partial charge in [0.2, 0.25) is 5.91 Å². The van der Waals surface area contributed by atoms with Crippen molar-refractivity contribution in [1.82, 2.24) is 9.97 Å². The highest BCUT2D eigenvalue weighted by molar-refractivity contribution is 5.97. The number of nitrogens with one attached hydrogen (secondary N) is 2. The second-order valence-electron chi connectivity index (χ2n) is 5.27. The number of halogens is 1. The molecule has 0 unspecified atom stereocenters. The van der Waals surface area contributed by atoms with Crippen LogP contribution < -0.4 is 5.32 Å². The third-order valence-corrected chi connectivity index (χ3v) is 3.63. The zero-order chi connectivity index (χ0) is 16.0. The number of aromatic amines is 1. The van der Waals surface area contributed by atoms with Crippen LogP contribution in [0.5, 0.6) is 0 Å². The number of anilines is 1. The van der Waals surface area contributed by atoms with Crippen LogP contribution in [-0.4, -0.2) is 15.9 Å². The summed E-state index contributed by atoms with van der Waals surface area (Å²) in [6, 6.07) is 10.4. The van der Waals surface area contributed by atoms with Gasteiger partial charge < -0.3 is 9.40 Å². The van der Waals surface area contributed by atoms with Crippen LogP contribution in [0, 0.1) is 5.82 Å². The van der Waals surface area contributed by atoms with Crippen LogP contribution in [0.25, 0.3) is 33.1 Å². The van der Waals surface area contributed by atoms with Gasteiger partial charge in [0.05, 0.1) is 0 Å². The number of benzene rings is 2. The Kier molecular flexibility index (Phi) is 2.90. The van der Waals surface area contributed by atoms with Gasteiger partial charge in [0, 0.05) is 29.6 Å². The number of oxazole rings is 1. The van der Waals surface area contributed by atoms with Gasteiger partial charge in [0.25, 0.3) is 0 Å². The minimum Gasteiger partial charge on any atom is -0.423 e. The van der Waals surface area contributed by atoms with E-state index in [4.69, 9.17) is 4.42 Å². The fourth-order valence-electron chi connectivity index (χ4n) is 2.64. The molecule has 5 nitrogen and oxygen atoms in total. The minimum absolute atomic E-state index is 0.172. The van der Waals surface area contributed by atoms with Gasteiger partial charge in [-0.25, -0.2) is 4.39 Å². The lowest BCUT2D eigenvalue weighted by molar-refractivity contribution is -0.114. The van der Waals surface area contributed by atoms with Gasteiger partial charge in [0.15, 0.2) is 5.58 Å². The molecular formula is C17H12FN3O2. The van der Waals surface area contributed by atoms with E-state index >= 15 is 0 Å². The first-order chi connectivity index (χ1) is 11.1. The van der Waals surface area contributed by atoms with E-state index in [0.29, 0.717) is 11.1 Å². The minimum atomic E-state index is -0.280. The Hall–Kier alpha value is -3.15. The molecular weight excluding hydrogens is 297 g/mol. The van der Waals surface area contributed by atoms with E-state index in [1.165, 1.54) is 19.1 Å². The SMILES string of the molecule is CC(=O)Nc1nc2cc(-c3c[nH]c4cc(F)ccc34)ccc2o1. The van der Waals surface area contributed by atoms with E-state index in [0.717, 1.165) is 22.0 Å². The smallest absolute Gasteiger partial charge is 0.302 e. The topological polar surface area (TPSA) is 70.9 Å². The summed E-state index contributed by atoms with van der Waals surface area (Å²) >= 11 is 0. The Morgan fingerprint density at radius 2 is 2.13 bits per heavy atom. The molecule has 0 saturated heterocycles. The van der Waals surface area contributed by atoms with Gasteiger partial charge in [-0.15, -0.1) is 0 Å². The molecule has 0 aliphatic rings. The summed E-state index contributed by atoms with van der Waals surface area (Å²) in [5.41, 5.74) is 3.84. The highest BCUT2D eigenvalue weighted by atomic mass is 19.1. The number of hydrogen-bond donors (Lipinski definition) is 2. The van der Waals surface area contributed by atoms with Crippen molar-refractivity contribution in [2.45, 2.75) is 6.92 Å². The molecule has 0 atom stereocenters. The Balaban J connectivity index is 1.82. The standard InChI is InChI=1S/C17H12FN3O2/c1-9(22)20-17-21-15-6-10(2-5-16(15)23-17)13-8-19-14-7-11(18)3-4-12(13)14/h2-8,19H,1H3,(H,20,21,22). The number of nitrogens with zero attached hydrogens (tertiary/aromatic N) is 1. The third kappa shape index (κ3) is 2.34. The van der Waals surface area contributed by atoms with Crippen LogP contribution in [0.4, 0.5) is 10.4 Å². The first-order valence-electron chi connectivity index (χ1n) is 7.05. The highest BCUT2D eigenvalue weighted by Gasteiger charge is 2.11. The van der Waals surface area contributed by atoms with Gasteiger partial charge in [0.1, 0.15) is 11.3 Å². The van der Waals surface area contributed by atoms with Gasteiger partial charge in [-0.3, -0.25) is 10.1 Å². The second-order valence-corrected chi connectivity index (χ2v) is 5.27. The van der Waals surface area contributed by atoms with Crippen molar-refractivity contribution in [2.24, 2.45) is 0 Å². The summed E-state index contributed by atoms with van der Waals surface area (Å²) in [6.07, 6.45) is 1.83. The van der Waals surface area contributed by atoms with Crippen molar-refractivity contribution < 1.29 is 13.6 Å². The fourth-order valence-corrected chi connectivity index (χ4v) is 2.64. The summed E-state index contributed by atoms with van der Waals surface area (Å²) in [4.78, 5) is 18.4. The summed E-state index contributed by atoms with van der Waals surface area (Å²) in [5, 5.41) is 3.45. The van der Waals surface area contributed by atoms with Crippen molar-refractivity contribution >= 4 is 33.9 Å². The first kappa shape index (κ1) is 13.5. The molecule has 0 fully saturated rings. The van der Waals surface area contributed by atoms with E-state index in [1.807, 2.05) is 18.3 Å². The molecule has 114 valence electrons. The number of carbonyl (C=O) groups is 1. The summed E-state index contributed by atoms with van der Waals surface area (Å²) < 4.78 is 18.7. The number of aromatic nitrogens is 2. The Bertz CT molecular complexity index is 1050. The molecule has 2 N–H and O–H groups in total. The maximum absolute atomic E-state index is 13.3. The van der Waals surface area contributed by atoms with Crippen LogP contribution in [0.3, 0.4) is 0 Å². The van der Waals surface area contributed by atoms with Crippen LogP contribution in [0.2, 0.25) is 0 Å². The third-order valence-electron chi connectivity index (χ3n) is 3.63. The zero-order valence-electron chi connectivity index (χ0n) is 12.2. The molecule has 4 rings (SSSR count). The van der Waals surface area contributed by atoms with Crippen molar-refractivity contribution in [3.05, 3.63) is 48.4 Å². The van der Waals surface area contributed by atoms with E-state index in [1.54, 1.807) is 12.1 Å². The normalized spacial score (nSPS) is 11.2. The highest BCUT2D eigenvalue weighted by Crippen LogP contribution is 2.31. The molecule has 0 saturated carbocycles. The first-order valence-corrected chi connectivity index (χ1v) is 7.05. The van der Waals surface area contributed by atoms with Crippen molar-refractivity contribution in [1.29, 1.82) is 0 Å². The van der Waals surface area contributed by atoms with E-state index in [2.05, 4.69) is 15.3 Å². The Morgan fingerprint density at radius 1 is 1.26 bits per heavy atom. The second kappa shape index (κ2) is 4.95. The number of amides is 1. The van der Waals surface area contributed by atoms with E-state index < -0.39 is 0 Å². The van der Waals surface area contributed by atoms with Crippen LogP contribution in [-0.2, 0) is 4.79 Å². The summed E-state index contributed by atoms with van der Waals surface area (Å²) in [6.45, 7) is 1.39. The molecule has 2 aromatic carbocycles. The Labute approximate surface area is 130 Å². The summed E-state index contributed by atoms with van der Waals surface area (Å²) in [5.74, 6) is -0.520. The summed E-state index contributed by atoms with van der Waals surface area (Å²) in [7, 11) is 0. The molecule has 0 aliphatic heterocycles. The fraction of sp³-hybridized carbons (Fsp3) is 0.0588. The number of fused-ring (bicyclic) bond motifs is 2. The number of rotatable bonds is 2. The van der Waals surface area contributed by atoms with Crippen LogP contribution in [0.15, 0.2) is 47.0 Å². The average molecular weight is 309 g/mol. The van der Waals surface area contributed by atoms with Crippen molar-refractivity contribution in [3.8, 4) is 11.1 Å². The lowest BCUT2D eigenvalue weighted by atomic mass is 10.0. The lowest BCUT2D eigenvalue weighted by Crippen LogP contribution is -2.05. The van der Waals surface area contributed by atoms with Gasteiger partial charge in [-0.2, -0.15) is 4.98 Å². The number of H-pyrrole nitrogens is 1. The predicted molar refractivity (Wildman–Crippen MR) is 85.6 cm³/mol. The van der Waals surface area contributed by atoms with Gasteiger partial charge in [-0.1, -0.05) is 6.07 Å². The molecule has 23 heavy (non-hydrogen) atoms. The van der Waals surface area contributed by atoms with Crippen molar-refractivity contribution in [3.63, 3.8) is 0 Å². The molecule has 2 aromatic heterocycles. The van der Waals surface area contributed by atoms with E-state index in [-0.39, 0.29) is 17.7 Å².